The molecule has 1 aliphatic carbocycles. The van der Waals surface area contributed by atoms with Gasteiger partial charge >= 0.3 is 5.97 Å². The summed E-state index contributed by atoms with van der Waals surface area (Å²) in [6.07, 6.45) is 7.31. The highest BCUT2D eigenvalue weighted by molar-refractivity contribution is 5.78. The van der Waals surface area contributed by atoms with Crippen LogP contribution in [0.1, 0.15) is 50.2 Å². The number of aryl methyl sites for hydroxylation is 2. The Morgan fingerprint density at radius 2 is 2.00 bits per heavy atom. The largest absolute Gasteiger partial charge is 0.481 e. The van der Waals surface area contributed by atoms with Crippen LogP contribution < -0.4 is 0 Å². The number of carbonyl (C=O) groups is 1. The molecule has 17 heavy (non-hydrogen) atoms. The Kier molecular flexibility index (Phi) is 3.13. The molecule has 0 aliphatic heterocycles. The summed E-state index contributed by atoms with van der Waals surface area (Å²) in [5.74, 6) is -0.461. The molecule has 1 heterocycles. The van der Waals surface area contributed by atoms with E-state index in [9.17, 15) is 9.90 Å². The molecule has 1 aromatic rings. The zero-order valence-corrected chi connectivity index (χ0v) is 10.4. The van der Waals surface area contributed by atoms with Gasteiger partial charge in [0.05, 0.1) is 0 Å². The Labute approximate surface area is 101 Å². The average Bonchev–Trinajstić information content (AvgIpc) is 2.52. The number of aliphatic carboxylic acids is 1. The third-order valence-electron chi connectivity index (χ3n) is 3.41. The molecule has 1 N–H and O–H groups in total. The molecular weight excluding hydrogens is 216 g/mol. The monoisotopic (exact) mass is 234 g/mol. The number of nitrogens with zero attached hydrogens (tertiary/aromatic N) is 2. The topological polar surface area (TPSA) is 63.1 Å². The molecule has 92 valence electrons. The van der Waals surface area contributed by atoms with E-state index >= 15 is 0 Å². The Morgan fingerprint density at radius 1 is 1.29 bits per heavy atom. The number of carboxylic acid groups (broad SMARTS) is 1. The van der Waals surface area contributed by atoms with Gasteiger partial charge in [0.25, 0.3) is 0 Å². The molecule has 4 nitrogen and oxygen atoms in total. The zero-order chi connectivity index (χ0) is 12.5. The smallest absolute Gasteiger partial charge is 0.316 e. The summed E-state index contributed by atoms with van der Waals surface area (Å²) in [6.45, 7) is 3.29. The molecule has 4 heteroatoms. The Balaban J connectivity index is 2.39. The lowest BCUT2D eigenvalue weighted by Crippen LogP contribution is -2.31. The summed E-state index contributed by atoms with van der Waals surface area (Å²) < 4.78 is 0. The van der Waals surface area contributed by atoms with Gasteiger partial charge in [-0.1, -0.05) is 6.42 Å². The number of carboxylic acids is 1. The van der Waals surface area contributed by atoms with E-state index in [1.807, 2.05) is 6.20 Å². The van der Waals surface area contributed by atoms with Crippen LogP contribution in [0, 0.1) is 0 Å². The molecule has 0 radical (unpaired) electrons. The van der Waals surface area contributed by atoms with Crippen molar-refractivity contribution in [1.82, 2.24) is 9.97 Å². The first-order valence-electron chi connectivity index (χ1n) is 6.10. The third-order valence-corrected chi connectivity index (χ3v) is 3.41. The van der Waals surface area contributed by atoms with Crippen LogP contribution in [0.4, 0.5) is 0 Å². The van der Waals surface area contributed by atoms with Gasteiger partial charge in [0, 0.05) is 11.9 Å². The lowest BCUT2D eigenvalue weighted by Gasteiger charge is -2.18. The Morgan fingerprint density at radius 3 is 2.71 bits per heavy atom. The maximum atomic E-state index is 11.2. The van der Waals surface area contributed by atoms with Gasteiger partial charge in [0.2, 0.25) is 0 Å². The standard InChI is InChI=1S/C13H18N2O2/c1-13(2,12(16)17)11-14-8-9-6-4-3-5-7-10(9)15-11/h8H,3-7H2,1-2H3,(H,16,17). The van der Waals surface area contributed by atoms with Crippen molar-refractivity contribution in [3.05, 3.63) is 23.3 Å². The number of fused-ring (bicyclic) bond motifs is 1. The highest BCUT2D eigenvalue weighted by Gasteiger charge is 2.33. The van der Waals surface area contributed by atoms with Crippen LogP contribution in [-0.4, -0.2) is 21.0 Å². The molecule has 2 rings (SSSR count). The van der Waals surface area contributed by atoms with Crippen LogP contribution in [0.5, 0.6) is 0 Å². The van der Waals surface area contributed by atoms with Crippen molar-refractivity contribution in [1.29, 1.82) is 0 Å². The van der Waals surface area contributed by atoms with E-state index in [1.165, 1.54) is 18.4 Å². The van der Waals surface area contributed by atoms with Crippen molar-refractivity contribution in [2.75, 3.05) is 0 Å². The number of rotatable bonds is 2. The van der Waals surface area contributed by atoms with E-state index in [1.54, 1.807) is 13.8 Å². The number of hydrogen-bond acceptors (Lipinski definition) is 3. The van der Waals surface area contributed by atoms with E-state index in [0.29, 0.717) is 5.82 Å². The zero-order valence-electron chi connectivity index (χ0n) is 10.4. The molecule has 0 saturated carbocycles. The minimum atomic E-state index is -1.01. The molecule has 0 fully saturated rings. The van der Waals surface area contributed by atoms with Crippen LogP contribution in [0.25, 0.3) is 0 Å². The van der Waals surface area contributed by atoms with Crippen molar-refractivity contribution in [3.8, 4) is 0 Å². The molecule has 1 aliphatic rings. The summed E-state index contributed by atoms with van der Waals surface area (Å²) in [7, 11) is 0. The number of aromatic nitrogens is 2. The van der Waals surface area contributed by atoms with Gasteiger partial charge in [0.15, 0.2) is 0 Å². The van der Waals surface area contributed by atoms with Crippen molar-refractivity contribution >= 4 is 5.97 Å². The van der Waals surface area contributed by atoms with Crippen LogP contribution in [0.15, 0.2) is 6.20 Å². The molecule has 0 unspecified atom stereocenters. The SMILES string of the molecule is CC(C)(C(=O)O)c1ncc2c(n1)CCCCC2. The molecule has 0 amide bonds. The summed E-state index contributed by atoms with van der Waals surface area (Å²) in [4.78, 5) is 19.9. The second kappa shape index (κ2) is 4.43. The van der Waals surface area contributed by atoms with Crippen molar-refractivity contribution in [2.24, 2.45) is 0 Å². The minimum Gasteiger partial charge on any atom is -0.481 e. The predicted molar refractivity (Wildman–Crippen MR) is 64.0 cm³/mol. The van der Waals surface area contributed by atoms with Gasteiger partial charge in [-0.05, 0) is 45.1 Å². The fourth-order valence-electron chi connectivity index (χ4n) is 2.05. The van der Waals surface area contributed by atoms with Crippen molar-refractivity contribution in [3.63, 3.8) is 0 Å². The molecule has 1 aromatic heterocycles. The summed E-state index contributed by atoms with van der Waals surface area (Å²) in [5, 5.41) is 9.17. The number of hydrogen-bond donors (Lipinski definition) is 1. The molecule has 0 aromatic carbocycles. The van der Waals surface area contributed by atoms with E-state index < -0.39 is 11.4 Å². The quantitative estimate of drug-likeness (QED) is 0.796. The molecule has 0 spiro atoms. The minimum absolute atomic E-state index is 0.422. The lowest BCUT2D eigenvalue weighted by molar-refractivity contribution is -0.142. The summed E-state index contributed by atoms with van der Waals surface area (Å²) in [5.41, 5.74) is 1.22. The van der Waals surface area contributed by atoms with Gasteiger partial charge in [0.1, 0.15) is 11.2 Å². The first-order valence-corrected chi connectivity index (χ1v) is 6.10. The van der Waals surface area contributed by atoms with Crippen LogP contribution in [-0.2, 0) is 23.1 Å². The second-order valence-electron chi connectivity index (χ2n) is 5.16. The van der Waals surface area contributed by atoms with E-state index in [-0.39, 0.29) is 0 Å². The van der Waals surface area contributed by atoms with E-state index in [2.05, 4.69) is 9.97 Å². The van der Waals surface area contributed by atoms with Crippen molar-refractivity contribution < 1.29 is 9.90 Å². The van der Waals surface area contributed by atoms with Crippen molar-refractivity contribution in [2.45, 2.75) is 51.4 Å². The average molecular weight is 234 g/mol. The fraction of sp³-hybridized carbons (Fsp3) is 0.615. The molecular formula is C13H18N2O2. The van der Waals surface area contributed by atoms with Crippen LogP contribution in [0.3, 0.4) is 0 Å². The van der Waals surface area contributed by atoms with Gasteiger partial charge in [-0.15, -0.1) is 0 Å². The maximum Gasteiger partial charge on any atom is 0.316 e. The van der Waals surface area contributed by atoms with Gasteiger partial charge in [-0.3, -0.25) is 4.79 Å². The van der Waals surface area contributed by atoms with Gasteiger partial charge in [-0.2, -0.15) is 0 Å². The molecule has 0 saturated heterocycles. The van der Waals surface area contributed by atoms with Gasteiger partial charge < -0.3 is 5.11 Å². The highest BCUT2D eigenvalue weighted by atomic mass is 16.4. The Hall–Kier alpha value is -1.45. The van der Waals surface area contributed by atoms with Crippen LogP contribution in [0.2, 0.25) is 0 Å². The Bertz CT molecular complexity index is 441. The summed E-state index contributed by atoms with van der Waals surface area (Å²) >= 11 is 0. The van der Waals surface area contributed by atoms with Gasteiger partial charge in [-0.25, -0.2) is 9.97 Å². The third kappa shape index (κ3) is 2.30. The summed E-state index contributed by atoms with van der Waals surface area (Å²) in [6, 6.07) is 0. The molecule has 0 atom stereocenters. The first kappa shape index (κ1) is 12.0. The first-order chi connectivity index (χ1) is 8.01. The maximum absolute atomic E-state index is 11.2. The van der Waals surface area contributed by atoms with E-state index in [0.717, 1.165) is 25.0 Å². The lowest BCUT2D eigenvalue weighted by atomic mass is 9.92. The normalized spacial score (nSPS) is 16.1. The van der Waals surface area contributed by atoms with E-state index in [4.69, 9.17) is 0 Å². The highest BCUT2D eigenvalue weighted by Crippen LogP contribution is 2.23. The predicted octanol–water partition coefficient (Wildman–Crippen LogP) is 2.11. The fourth-order valence-corrected chi connectivity index (χ4v) is 2.05. The van der Waals surface area contributed by atoms with Crippen LogP contribution >= 0.6 is 0 Å². The molecule has 0 bridgehead atoms. The second-order valence-corrected chi connectivity index (χ2v) is 5.16.